The summed E-state index contributed by atoms with van der Waals surface area (Å²) in [6, 6.07) is 0.550. The smallest absolute Gasteiger partial charge is 0.321 e. The zero-order valence-corrected chi connectivity index (χ0v) is 11.8. The summed E-state index contributed by atoms with van der Waals surface area (Å²) < 4.78 is 4.09. The van der Waals surface area contributed by atoms with Crippen molar-refractivity contribution in [1.29, 1.82) is 0 Å². The lowest BCUT2D eigenvalue weighted by molar-refractivity contribution is -0.139. The van der Waals surface area contributed by atoms with E-state index in [1.54, 1.807) is 26.8 Å². The summed E-state index contributed by atoms with van der Waals surface area (Å²) in [7, 11) is 0. The number of rotatable bonds is 6. The predicted molar refractivity (Wildman–Crippen MR) is 72.0 cm³/mol. The number of anilines is 1. The maximum absolute atomic E-state index is 11.7. The van der Waals surface area contributed by atoms with Crippen LogP contribution in [0.4, 0.5) is 5.88 Å². The van der Waals surface area contributed by atoms with E-state index in [0.717, 1.165) is 0 Å². The molecule has 0 aliphatic heterocycles. The fraction of sp³-hybridized carbons (Fsp3) is 0.545. The van der Waals surface area contributed by atoms with Crippen LogP contribution in [0, 0.1) is 6.92 Å². The molecule has 1 rings (SSSR count). The highest BCUT2D eigenvalue weighted by Gasteiger charge is 2.33. The highest BCUT2D eigenvalue weighted by Crippen LogP contribution is 2.27. The largest absolute Gasteiger partial charge is 0.480 e. The maximum Gasteiger partial charge on any atom is 0.321 e. The highest BCUT2D eigenvalue weighted by atomic mass is 32.2. The quantitative estimate of drug-likeness (QED) is 0.709. The van der Waals surface area contributed by atoms with Gasteiger partial charge in [-0.25, -0.2) is 0 Å². The third kappa shape index (κ3) is 4.56. The van der Waals surface area contributed by atoms with Crippen molar-refractivity contribution in [2.75, 3.05) is 11.1 Å². The second-order valence-electron chi connectivity index (χ2n) is 4.59. The van der Waals surface area contributed by atoms with Gasteiger partial charge in [-0.3, -0.25) is 14.9 Å². The van der Waals surface area contributed by atoms with Crippen LogP contribution in [0.25, 0.3) is 0 Å². The molecule has 0 saturated heterocycles. The Balaban J connectivity index is 2.48. The van der Waals surface area contributed by atoms with Crippen LogP contribution in [0.1, 0.15) is 19.5 Å². The first-order valence-corrected chi connectivity index (χ1v) is 6.56. The molecule has 1 aromatic heterocycles. The topological polar surface area (TPSA) is 118 Å². The molecule has 19 heavy (non-hydrogen) atoms. The van der Waals surface area contributed by atoms with Crippen molar-refractivity contribution >= 4 is 29.5 Å². The van der Waals surface area contributed by atoms with Gasteiger partial charge in [-0.15, -0.1) is 11.8 Å². The first kappa shape index (κ1) is 15.5. The number of nitrogens with zero attached hydrogens (tertiary/aromatic N) is 1. The monoisotopic (exact) mass is 287 g/mol. The molecule has 0 bridgehead atoms. The molecule has 0 unspecified atom stereocenters. The zero-order valence-electron chi connectivity index (χ0n) is 11.0. The fourth-order valence-electron chi connectivity index (χ4n) is 1.23. The molecule has 0 aliphatic carbocycles. The van der Waals surface area contributed by atoms with E-state index < -0.39 is 16.8 Å². The number of aliphatic carboxylic acids is 1. The van der Waals surface area contributed by atoms with Crippen molar-refractivity contribution in [1.82, 2.24) is 5.16 Å². The number of amides is 1. The molecule has 1 atom stereocenters. The number of thioether (sulfide) groups is 1. The van der Waals surface area contributed by atoms with Gasteiger partial charge in [0, 0.05) is 10.8 Å². The van der Waals surface area contributed by atoms with Crippen LogP contribution >= 0.6 is 11.8 Å². The van der Waals surface area contributed by atoms with Crippen LogP contribution in [0.5, 0.6) is 0 Å². The molecule has 4 N–H and O–H groups in total. The van der Waals surface area contributed by atoms with Crippen LogP contribution in [0.3, 0.4) is 0 Å². The third-order valence-electron chi connectivity index (χ3n) is 2.48. The minimum atomic E-state index is -1.09. The third-order valence-corrected chi connectivity index (χ3v) is 3.89. The van der Waals surface area contributed by atoms with E-state index in [9.17, 15) is 9.59 Å². The predicted octanol–water partition coefficient (Wildman–Crippen LogP) is 0.845. The van der Waals surface area contributed by atoms with Crippen molar-refractivity contribution in [3.8, 4) is 0 Å². The molecule has 106 valence electrons. The normalized spacial score (nSPS) is 13.1. The number of nitrogens with two attached hydrogens (primary N) is 1. The Morgan fingerprint density at radius 1 is 1.63 bits per heavy atom. The second kappa shape index (κ2) is 6.07. The van der Waals surface area contributed by atoms with Gasteiger partial charge in [0.15, 0.2) is 0 Å². The lowest BCUT2D eigenvalue weighted by Crippen LogP contribution is -2.47. The molecule has 0 aliphatic rings. The second-order valence-corrected chi connectivity index (χ2v) is 6.22. The van der Waals surface area contributed by atoms with Gasteiger partial charge in [0.1, 0.15) is 6.04 Å². The van der Waals surface area contributed by atoms with E-state index in [1.165, 1.54) is 11.8 Å². The molecule has 0 fully saturated rings. The Morgan fingerprint density at radius 2 is 2.26 bits per heavy atom. The molecule has 0 saturated carbocycles. The van der Waals surface area contributed by atoms with Crippen molar-refractivity contribution in [3.05, 3.63) is 11.8 Å². The molecule has 1 amide bonds. The van der Waals surface area contributed by atoms with E-state index in [4.69, 9.17) is 15.4 Å². The Kier molecular flexibility index (Phi) is 4.96. The number of aryl methyl sites for hydroxylation is 1. The molecule has 0 radical (unpaired) electrons. The van der Waals surface area contributed by atoms with Gasteiger partial charge in [-0.05, 0) is 20.8 Å². The number of nitrogens with one attached hydrogen (secondary N) is 1. The number of hydrogen-bond acceptors (Lipinski definition) is 6. The fourth-order valence-corrected chi connectivity index (χ4v) is 2.09. The Bertz CT molecular complexity index is 472. The van der Waals surface area contributed by atoms with E-state index in [1.807, 2.05) is 0 Å². The number of carboxylic acid groups (broad SMARTS) is 1. The number of carbonyl (C=O) groups is 2. The molecule has 1 heterocycles. The standard InChI is InChI=1S/C11H17N3O4S/c1-6-4-8(18-14-6)13-7(15)5-19-11(2,3)9(12)10(16)17/h4,9H,5,12H2,1-3H3,(H,13,15)(H,16,17)/t9-/m1/s1. The Morgan fingerprint density at radius 3 is 2.74 bits per heavy atom. The number of carboxylic acids is 1. The summed E-state index contributed by atoms with van der Waals surface area (Å²) in [6.07, 6.45) is 0. The Hall–Kier alpha value is -1.54. The summed E-state index contributed by atoms with van der Waals surface area (Å²) in [6.45, 7) is 5.10. The lowest BCUT2D eigenvalue weighted by atomic mass is 10.1. The van der Waals surface area contributed by atoms with Crippen LogP contribution < -0.4 is 11.1 Å². The molecular weight excluding hydrogens is 270 g/mol. The average molecular weight is 287 g/mol. The van der Waals surface area contributed by atoms with E-state index in [-0.39, 0.29) is 17.5 Å². The molecule has 7 nitrogen and oxygen atoms in total. The summed E-state index contributed by atoms with van der Waals surface area (Å²) in [5.74, 6) is -1.05. The van der Waals surface area contributed by atoms with Gasteiger partial charge in [0.25, 0.3) is 0 Å². The minimum absolute atomic E-state index is 0.0771. The summed E-state index contributed by atoms with van der Waals surface area (Å²) in [5, 5.41) is 15.0. The van der Waals surface area contributed by atoms with Crippen LogP contribution in [-0.4, -0.2) is 38.7 Å². The number of carbonyl (C=O) groups excluding carboxylic acids is 1. The van der Waals surface area contributed by atoms with Gasteiger partial charge in [0.05, 0.1) is 11.4 Å². The SMILES string of the molecule is Cc1cc(NC(=O)CSC(C)(C)[C@H](N)C(=O)O)on1. The summed E-state index contributed by atoms with van der Waals surface area (Å²) in [5.41, 5.74) is 6.22. The highest BCUT2D eigenvalue weighted by molar-refractivity contribution is 8.01. The molecular formula is C11H17N3O4S. The first-order chi connectivity index (χ1) is 8.72. The average Bonchev–Trinajstić information content (AvgIpc) is 2.71. The lowest BCUT2D eigenvalue weighted by Gasteiger charge is -2.27. The van der Waals surface area contributed by atoms with Crippen LogP contribution in [-0.2, 0) is 9.59 Å². The molecule has 8 heteroatoms. The van der Waals surface area contributed by atoms with E-state index in [0.29, 0.717) is 5.69 Å². The first-order valence-electron chi connectivity index (χ1n) is 5.58. The van der Waals surface area contributed by atoms with Crippen LogP contribution in [0.15, 0.2) is 10.6 Å². The zero-order chi connectivity index (χ0) is 14.6. The van der Waals surface area contributed by atoms with Gasteiger partial charge >= 0.3 is 5.97 Å². The maximum atomic E-state index is 11.7. The van der Waals surface area contributed by atoms with Crippen molar-refractivity contribution in [3.63, 3.8) is 0 Å². The van der Waals surface area contributed by atoms with Gasteiger partial charge in [-0.1, -0.05) is 5.16 Å². The van der Waals surface area contributed by atoms with Crippen LogP contribution in [0.2, 0.25) is 0 Å². The van der Waals surface area contributed by atoms with Gasteiger partial charge in [0.2, 0.25) is 11.8 Å². The van der Waals surface area contributed by atoms with Crippen molar-refractivity contribution in [2.24, 2.45) is 5.73 Å². The number of hydrogen-bond donors (Lipinski definition) is 3. The molecule has 1 aromatic rings. The Labute approximate surface area is 114 Å². The van der Waals surface area contributed by atoms with Gasteiger partial charge in [-0.2, -0.15) is 0 Å². The summed E-state index contributed by atoms with van der Waals surface area (Å²) >= 11 is 1.17. The van der Waals surface area contributed by atoms with Gasteiger partial charge < -0.3 is 15.4 Å². The summed E-state index contributed by atoms with van der Waals surface area (Å²) in [4.78, 5) is 22.5. The van der Waals surface area contributed by atoms with Crippen molar-refractivity contribution < 1.29 is 19.2 Å². The molecule has 0 spiro atoms. The minimum Gasteiger partial charge on any atom is -0.480 e. The van der Waals surface area contributed by atoms with E-state index in [2.05, 4.69) is 10.5 Å². The molecule has 0 aromatic carbocycles. The van der Waals surface area contributed by atoms with E-state index >= 15 is 0 Å². The van der Waals surface area contributed by atoms with Crippen molar-refractivity contribution in [2.45, 2.75) is 31.6 Å². The number of aromatic nitrogens is 1.